The van der Waals surface area contributed by atoms with Crippen molar-refractivity contribution < 1.29 is 9.53 Å². The molecular weight excluding hydrogens is 230 g/mol. The number of aromatic amines is 1. The summed E-state index contributed by atoms with van der Waals surface area (Å²) in [6.45, 7) is 0. The Bertz CT molecular complexity index is 641. The topological polar surface area (TPSA) is 92.0 Å². The number of H-pyrrole nitrogens is 1. The van der Waals surface area contributed by atoms with Gasteiger partial charge < -0.3 is 15.5 Å². The second-order valence-electron chi connectivity index (χ2n) is 3.77. The molecule has 1 aromatic carbocycles. The number of hydrogen-bond acceptors (Lipinski definition) is 3. The number of benzene rings is 1. The van der Waals surface area contributed by atoms with Crippen LogP contribution in [0.5, 0.6) is 0 Å². The van der Waals surface area contributed by atoms with Gasteiger partial charge in [-0.05, 0) is 24.3 Å². The number of ether oxygens (including phenoxy) is 1. The predicted octanol–water partition coefficient (Wildman–Crippen LogP) is 1.64. The van der Waals surface area contributed by atoms with E-state index in [1.165, 1.54) is 13.2 Å². The Morgan fingerprint density at radius 2 is 2.28 bits per heavy atom. The Kier molecular flexibility index (Phi) is 3.14. The molecule has 18 heavy (non-hydrogen) atoms. The first kappa shape index (κ1) is 11.9. The van der Waals surface area contributed by atoms with E-state index in [0.29, 0.717) is 5.56 Å². The van der Waals surface area contributed by atoms with Crippen LogP contribution in [0.25, 0.3) is 17.0 Å². The van der Waals surface area contributed by atoms with Crippen molar-refractivity contribution in [3.8, 4) is 0 Å². The van der Waals surface area contributed by atoms with Gasteiger partial charge in [0.1, 0.15) is 5.84 Å². The van der Waals surface area contributed by atoms with Gasteiger partial charge in [-0.1, -0.05) is 0 Å². The second kappa shape index (κ2) is 4.75. The largest absolute Gasteiger partial charge is 0.466 e. The Morgan fingerprint density at radius 3 is 2.94 bits per heavy atom. The van der Waals surface area contributed by atoms with Crippen LogP contribution in [-0.2, 0) is 9.53 Å². The number of nitrogens with one attached hydrogen (secondary N) is 2. The molecule has 5 nitrogen and oxygen atoms in total. The van der Waals surface area contributed by atoms with Gasteiger partial charge in [-0.15, -0.1) is 0 Å². The summed E-state index contributed by atoms with van der Waals surface area (Å²) in [5.74, 6) is -0.395. The van der Waals surface area contributed by atoms with E-state index in [1.807, 2.05) is 12.1 Å². The maximum Gasteiger partial charge on any atom is 0.330 e. The minimum atomic E-state index is -0.410. The van der Waals surface area contributed by atoms with Crippen LogP contribution < -0.4 is 5.73 Å². The van der Waals surface area contributed by atoms with E-state index in [4.69, 9.17) is 11.1 Å². The maximum atomic E-state index is 11.0. The van der Waals surface area contributed by atoms with E-state index in [0.717, 1.165) is 16.5 Å². The summed E-state index contributed by atoms with van der Waals surface area (Å²) < 4.78 is 4.53. The molecule has 1 heterocycles. The standard InChI is InChI=1S/C13H13N3O2/c1-18-12(17)5-3-9-7-16-11-4-2-8(13(14)15)6-10(9)11/h2-7,16H,1H3,(H3,14,15). The van der Waals surface area contributed by atoms with Crippen LogP contribution in [0.2, 0.25) is 0 Å². The van der Waals surface area contributed by atoms with Crippen molar-refractivity contribution in [1.29, 1.82) is 5.41 Å². The second-order valence-corrected chi connectivity index (χ2v) is 3.77. The molecule has 5 heteroatoms. The molecule has 0 aliphatic carbocycles. The number of carbonyl (C=O) groups excluding carboxylic acids is 1. The van der Waals surface area contributed by atoms with Gasteiger partial charge in [0.25, 0.3) is 0 Å². The normalized spacial score (nSPS) is 10.9. The highest BCUT2D eigenvalue weighted by molar-refractivity contribution is 6.01. The van der Waals surface area contributed by atoms with Crippen LogP contribution in [0.15, 0.2) is 30.5 Å². The highest BCUT2D eigenvalue weighted by Crippen LogP contribution is 2.21. The quantitative estimate of drug-likeness (QED) is 0.331. The van der Waals surface area contributed by atoms with Gasteiger partial charge in [-0.25, -0.2) is 4.79 Å². The molecule has 2 aromatic rings. The maximum absolute atomic E-state index is 11.0. The zero-order chi connectivity index (χ0) is 13.1. The number of nitrogens with two attached hydrogens (primary N) is 1. The summed E-state index contributed by atoms with van der Waals surface area (Å²) in [4.78, 5) is 14.1. The SMILES string of the molecule is COC(=O)C=Cc1c[nH]c2ccc(C(=N)N)cc12. The molecule has 0 amide bonds. The first-order valence-electron chi connectivity index (χ1n) is 5.33. The molecule has 2 rings (SSSR count). The van der Waals surface area contributed by atoms with E-state index >= 15 is 0 Å². The van der Waals surface area contributed by atoms with Crippen molar-refractivity contribution >= 4 is 28.8 Å². The van der Waals surface area contributed by atoms with Gasteiger partial charge in [0.2, 0.25) is 0 Å². The molecule has 0 saturated carbocycles. The Morgan fingerprint density at radius 1 is 1.50 bits per heavy atom. The number of amidine groups is 1. The van der Waals surface area contributed by atoms with Crippen LogP contribution in [-0.4, -0.2) is 23.9 Å². The van der Waals surface area contributed by atoms with Gasteiger partial charge in [0.15, 0.2) is 0 Å². The third kappa shape index (κ3) is 2.24. The Labute approximate surface area is 104 Å². The fourth-order valence-electron chi connectivity index (χ4n) is 1.67. The van der Waals surface area contributed by atoms with Crippen molar-refractivity contribution in [2.45, 2.75) is 0 Å². The third-order valence-corrected chi connectivity index (χ3v) is 2.62. The summed E-state index contributed by atoms with van der Waals surface area (Å²) in [6, 6.07) is 5.43. The third-order valence-electron chi connectivity index (χ3n) is 2.62. The van der Waals surface area contributed by atoms with Crippen LogP contribution in [0.3, 0.4) is 0 Å². The lowest BCUT2D eigenvalue weighted by molar-refractivity contribution is -0.134. The van der Waals surface area contributed by atoms with Gasteiger partial charge in [-0.2, -0.15) is 0 Å². The van der Waals surface area contributed by atoms with Crippen LogP contribution in [0.4, 0.5) is 0 Å². The minimum Gasteiger partial charge on any atom is -0.466 e. The molecular formula is C13H13N3O2. The van der Waals surface area contributed by atoms with Crippen molar-refractivity contribution in [3.05, 3.63) is 41.6 Å². The molecule has 0 unspecified atom stereocenters. The average molecular weight is 243 g/mol. The average Bonchev–Trinajstić information content (AvgIpc) is 2.78. The first-order chi connectivity index (χ1) is 8.61. The van der Waals surface area contributed by atoms with Gasteiger partial charge >= 0.3 is 5.97 Å². The zero-order valence-corrected chi connectivity index (χ0v) is 9.86. The highest BCUT2D eigenvalue weighted by Gasteiger charge is 2.04. The van der Waals surface area contributed by atoms with Crippen LogP contribution in [0, 0.1) is 5.41 Å². The van der Waals surface area contributed by atoms with E-state index in [-0.39, 0.29) is 5.84 Å². The summed E-state index contributed by atoms with van der Waals surface area (Å²) in [6.07, 6.45) is 4.80. The lowest BCUT2D eigenvalue weighted by Crippen LogP contribution is -2.10. The number of nitrogen functional groups attached to an aromatic ring is 1. The molecule has 0 atom stereocenters. The van der Waals surface area contributed by atoms with Gasteiger partial charge in [-0.3, -0.25) is 5.41 Å². The molecule has 1 aromatic heterocycles. The minimum absolute atomic E-state index is 0.0148. The monoisotopic (exact) mass is 243 g/mol. The fraction of sp³-hybridized carbons (Fsp3) is 0.0769. The molecule has 0 spiro atoms. The molecule has 4 N–H and O–H groups in total. The number of carbonyl (C=O) groups is 1. The fourth-order valence-corrected chi connectivity index (χ4v) is 1.67. The summed E-state index contributed by atoms with van der Waals surface area (Å²) in [7, 11) is 1.33. The molecule has 0 fully saturated rings. The smallest absolute Gasteiger partial charge is 0.330 e. The number of hydrogen-bond donors (Lipinski definition) is 3. The highest BCUT2D eigenvalue weighted by atomic mass is 16.5. The van der Waals surface area contributed by atoms with E-state index in [9.17, 15) is 4.79 Å². The zero-order valence-electron chi connectivity index (χ0n) is 9.86. The number of fused-ring (bicyclic) bond motifs is 1. The molecule has 0 radical (unpaired) electrons. The summed E-state index contributed by atoms with van der Waals surface area (Å²) in [5.41, 5.74) is 7.86. The molecule has 0 aliphatic heterocycles. The Hall–Kier alpha value is -2.56. The number of rotatable bonds is 3. The van der Waals surface area contributed by atoms with Gasteiger partial charge in [0, 0.05) is 34.3 Å². The lowest BCUT2D eigenvalue weighted by atomic mass is 10.1. The number of aromatic nitrogens is 1. The van der Waals surface area contributed by atoms with Crippen LogP contribution in [0.1, 0.15) is 11.1 Å². The van der Waals surface area contributed by atoms with Gasteiger partial charge in [0.05, 0.1) is 7.11 Å². The van der Waals surface area contributed by atoms with Crippen molar-refractivity contribution in [3.63, 3.8) is 0 Å². The summed E-state index contributed by atoms with van der Waals surface area (Å²) in [5, 5.41) is 8.32. The first-order valence-corrected chi connectivity index (χ1v) is 5.33. The van der Waals surface area contributed by atoms with Crippen LogP contribution >= 0.6 is 0 Å². The van der Waals surface area contributed by atoms with Crippen molar-refractivity contribution in [2.75, 3.05) is 7.11 Å². The van der Waals surface area contributed by atoms with E-state index in [2.05, 4.69) is 9.72 Å². The molecule has 0 bridgehead atoms. The van der Waals surface area contributed by atoms with Crippen molar-refractivity contribution in [2.24, 2.45) is 5.73 Å². The van der Waals surface area contributed by atoms with E-state index < -0.39 is 5.97 Å². The molecule has 0 aliphatic rings. The number of methoxy groups -OCH3 is 1. The van der Waals surface area contributed by atoms with E-state index in [1.54, 1.807) is 18.3 Å². The Balaban J connectivity index is 2.45. The predicted molar refractivity (Wildman–Crippen MR) is 70.4 cm³/mol. The van der Waals surface area contributed by atoms with Crippen molar-refractivity contribution in [1.82, 2.24) is 4.98 Å². The lowest BCUT2D eigenvalue weighted by Gasteiger charge is -1.99. The molecule has 92 valence electrons. The summed E-state index contributed by atoms with van der Waals surface area (Å²) >= 11 is 0. The molecule has 0 saturated heterocycles. The number of esters is 1.